The van der Waals surface area contributed by atoms with Gasteiger partial charge in [0.05, 0.1) is 0 Å². The zero-order valence-electron chi connectivity index (χ0n) is 35.9. The predicted octanol–water partition coefficient (Wildman–Crippen LogP) is 14.1. The maximum atomic E-state index is 6.47. The first-order valence-corrected chi connectivity index (χ1v) is 21.1. The molecule has 0 N–H and O–H groups in total. The van der Waals surface area contributed by atoms with Crippen LogP contribution in [0.3, 0.4) is 0 Å². The van der Waals surface area contributed by atoms with Gasteiger partial charge in [0, 0.05) is 58.9 Å². The summed E-state index contributed by atoms with van der Waals surface area (Å²) in [6, 6.07) is 60.4. The van der Waals surface area contributed by atoms with Crippen molar-refractivity contribution in [2.45, 2.75) is 39.5 Å². The SMILES string of the molecule is CC(C)c1cc(-c2[c-]c(Oc3[c-]c4c(cc3)c3ccc(Oc5[c-]c(-c6cc(C(C)C)c(-c7ccccc7)cn6)ccc5)[c-]c3n4-c3ncccn3)ccc2)ncc1-c1ccccc1.[Pd+2].[Pt+2]. The van der Waals surface area contributed by atoms with Crippen molar-refractivity contribution in [3.63, 3.8) is 0 Å². The molecule has 0 aliphatic heterocycles. The Morgan fingerprint density at radius 2 is 0.892 bits per heavy atom. The van der Waals surface area contributed by atoms with E-state index in [2.05, 4.69) is 123 Å². The van der Waals surface area contributed by atoms with E-state index in [1.807, 2.05) is 89.8 Å². The number of benzene rings is 6. The number of hydrogen-bond donors (Lipinski definition) is 0. The Morgan fingerprint density at radius 1 is 0.462 bits per heavy atom. The van der Waals surface area contributed by atoms with E-state index < -0.39 is 0 Å². The van der Waals surface area contributed by atoms with Gasteiger partial charge < -0.3 is 24.0 Å². The molecular weight excluding hydrogens is 1080 g/mol. The molecule has 10 aromatic rings. The smallest absolute Gasteiger partial charge is 0.503 e. The number of hydrogen-bond acceptors (Lipinski definition) is 6. The van der Waals surface area contributed by atoms with Crippen molar-refractivity contribution in [1.29, 1.82) is 0 Å². The van der Waals surface area contributed by atoms with Crippen LogP contribution in [0.5, 0.6) is 23.0 Å². The standard InChI is InChI=1S/C56H41N5O2.Pd.Pt/c1-36(2)48-32-52(59-34-50(48)38-14-7-5-8-15-38)40-18-11-20-42(28-40)62-44-22-24-46-47-25-23-45(31-55(47)61(54(46)30-44)56-57-26-13-27-58-56)63-43-21-12-19-41(29-43)53-33-49(37(3)4)51(35-60-53)39-16-9-6-10-17-39;;/h5-27,32-37H,1-4H3;;/q-4;2*+2. The van der Waals surface area contributed by atoms with Crippen molar-refractivity contribution in [2.24, 2.45) is 0 Å². The Morgan fingerprint density at radius 3 is 1.32 bits per heavy atom. The van der Waals surface area contributed by atoms with Crippen LogP contribution in [0.15, 0.2) is 164 Å². The van der Waals surface area contributed by atoms with Crippen LogP contribution in [-0.4, -0.2) is 24.5 Å². The fourth-order valence-corrected chi connectivity index (χ4v) is 8.01. The molecule has 6 aromatic carbocycles. The van der Waals surface area contributed by atoms with Gasteiger partial charge in [-0.3, -0.25) is 0 Å². The summed E-state index contributed by atoms with van der Waals surface area (Å²) in [5, 5.41) is 1.88. The molecule has 0 spiro atoms. The van der Waals surface area contributed by atoms with E-state index in [9.17, 15) is 0 Å². The van der Waals surface area contributed by atoms with Gasteiger partial charge in [-0.2, -0.15) is 22.9 Å². The maximum Gasteiger partial charge on any atom is 2.00 e. The predicted molar refractivity (Wildman–Crippen MR) is 250 cm³/mol. The van der Waals surface area contributed by atoms with Gasteiger partial charge in [-0.1, -0.05) is 124 Å². The summed E-state index contributed by atoms with van der Waals surface area (Å²) < 4.78 is 14.9. The monoisotopic (exact) mass is 1120 g/mol. The van der Waals surface area contributed by atoms with Gasteiger partial charge in [-0.05, 0) is 51.5 Å². The Bertz CT molecular complexity index is 3050. The van der Waals surface area contributed by atoms with Gasteiger partial charge in [-0.25, -0.2) is 9.97 Å². The minimum atomic E-state index is 0. The molecule has 0 amide bonds. The summed E-state index contributed by atoms with van der Waals surface area (Å²) in [4.78, 5) is 19.0. The molecule has 0 aliphatic rings. The minimum Gasteiger partial charge on any atom is -0.503 e. The van der Waals surface area contributed by atoms with Gasteiger partial charge in [0.2, 0.25) is 5.95 Å². The second-order valence-electron chi connectivity index (χ2n) is 16.0. The Hall–Kier alpha value is -6.55. The molecule has 7 nitrogen and oxygen atoms in total. The zero-order chi connectivity index (χ0) is 42.9. The molecule has 0 fully saturated rings. The number of ether oxygens (including phenoxy) is 2. The van der Waals surface area contributed by atoms with Crippen molar-refractivity contribution in [2.75, 3.05) is 0 Å². The van der Waals surface area contributed by atoms with Gasteiger partial charge >= 0.3 is 41.5 Å². The van der Waals surface area contributed by atoms with Crippen LogP contribution >= 0.6 is 0 Å². The molecule has 0 unspecified atom stereocenters. The fraction of sp³-hybridized carbons (Fsp3) is 0.107. The minimum absolute atomic E-state index is 0. The number of nitrogens with zero attached hydrogens (tertiary/aromatic N) is 5. The van der Waals surface area contributed by atoms with Crippen LogP contribution in [-0.2, 0) is 41.5 Å². The van der Waals surface area contributed by atoms with Crippen LogP contribution in [0.2, 0.25) is 0 Å². The normalized spacial score (nSPS) is 11.1. The molecule has 322 valence electrons. The second kappa shape index (κ2) is 19.7. The number of rotatable bonds is 11. The summed E-state index contributed by atoms with van der Waals surface area (Å²) in [6.07, 6.45) is 7.36. The molecule has 10 rings (SSSR count). The first kappa shape index (κ1) is 45.0. The summed E-state index contributed by atoms with van der Waals surface area (Å²) in [5.41, 5.74) is 11.8. The second-order valence-corrected chi connectivity index (χ2v) is 16.0. The molecule has 0 saturated heterocycles. The van der Waals surface area contributed by atoms with E-state index in [-0.39, 0.29) is 41.5 Å². The van der Waals surface area contributed by atoms with Crippen molar-refractivity contribution in [3.8, 4) is 73.7 Å². The van der Waals surface area contributed by atoms with Crippen molar-refractivity contribution >= 4 is 21.8 Å². The third-order valence-corrected chi connectivity index (χ3v) is 11.1. The van der Waals surface area contributed by atoms with Gasteiger partial charge in [0.25, 0.3) is 0 Å². The van der Waals surface area contributed by atoms with E-state index in [0.717, 1.165) is 66.6 Å². The molecule has 0 bridgehead atoms. The van der Waals surface area contributed by atoms with Crippen molar-refractivity contribution in [3.05, 3.63) is 200 Å². The van der Waals surface area contributed by atoms with E-state index in [0.29, 0.717) is 40.8 Å². The maximum absolute atomic E-state index is 6.47. The van der Waals surface area contributed by atoms with Gasteiger partial charge in [0.15, 0.2) is 0 Å². The molecule has 65 heavy (non-hydrogen) atoms. The molecule has 0 aliphatic carbocycles. The number of pyridine rings is 2. The van der Waals surface area contributed by atoms with E-state index in [1.54, 1.807) is 18.5 Å². The average molecular weight is 1120 g/mol. The van der Waals surface area contributed by atoms with E-state index in [1.165, 1.54) is 11.1 Å². The Balaban J connectivity index is 0.00000288. The summed E-state index contributed by atoms with van der Waals surface area (Å²) in [5.74, 6) is 3.20. The third-order valence-electron chi connectivity index (χ3n) is 11.1. The first-order valence-electron chi connectivity index (χ1n) is 21.1. The van der Waals surface area contributed by atoms with E-state index >= 15 is 0 Å². The summed E-state index contributed by atoms with van der Waals surface area (Å²) in [6.45, 7) is 8.82. The number of aromatic nitrogens is 5. The Kier molecular flexibility index (Phi) is 13.6. The molecule has 9 heteroatoms. The molecule has 4 heterocycles. The van der Waals surface area contributed by atoms with Crippen LogP contribution in [0.1, 0.15) is 50.7 Å². The van der Waals surface area contributed by atoms with Crippen LogP contribution < -0.4 is 9.47 Å². The average Bonchev–Trinajstić information content (AvgIpc) is 3.64. The summed E-state index contributed by atoms with van der Waals surface area (Å²) >= 11 is 0. The van der Waals surface area contributed by atoms with Gasteiger partial charge in [-0.15, -0.1) is 71.8 Å². The van der Waals surface area contributed by atoms with Crippen molar-refractivity contribution < 1.29 is 51.0 Å². The molecule has 4 aromatic heterocycles. The topological polar surface area (TPSA) is 75.0 Å². The van der Waals surface area contributed by atoms with Crippen molar-refractivity contribution in [1.82, 2.24) is 24.5 Å². The molecular formula is C56H41N5O2PdPt. The molecule has 0 atom stereocenters. The summed E-state index contributed by atoms with van der Waals surface area (Å²) in [7, 11) is 0. The van der Waals surface area contributed by atoms with E-state index in [4.69, 9.17) is 19.4 Å². The third kappa shape index (κ3) is 9.35. The number of fused-ring (bicyclic) bond motifs is 3. The quantitative estimate of drug-likeness (QED) is 0.0949. The van der Waals surface area contributed by atoms with Gasteiger partial charge in [0.1, 0.15) is 0 Å². The van der Waals surface area contributed by atoms with Crippen LogP contribution in [0.25, 0.3) is 72.5 Å². The Labute approximate surface area is 407 Å². The largest absolute Gasteiger partial charge is 2.00 e. The fourth-order valence-electron chi connectivity index (χ4n) is 8.01. The molecule has 0 radical (unpaired) electrons. The molecule has 0 saturated carbocycles. The first-order chi connectivity index (χ1) is 30.9. The zero-order valence-corrected chi connectivity index (χ0v) is 39.8. The van der Waals surface area contributed by atoms with Crippen LogP contribution in [0, 0.1) is 24.3 Å². The van der Waals surface area contributed by atoms with Crippen LogP contribution in [0.4, 0.5) is 0 Å².